The molecule has 1 fully saturated rings. The molecule has 5 heterocycles. The molecule has 1 unspecified atom stereocenters. The van der Waals surface area contributed by atoms with Crippen LogP contribution >= 0.6 is 0 Å². The van der Waals surface area contributed by atoms with Gasteiger partial charge in [-0.3, -0.25) is 4.79 Å². The molecule has 0 saturated carbocycles. The Bertz CT molecular complexity index is 1880. The Morgan fingerprint density at radius 3 is 2.37 bits per heavy atom. The van der Waals surface area contributed by atoms with Crippen LogP contribution in [0.5, 0.6) is 0 Å². The Labute approximate surface area is 256 Å². The zero-order valence-electron chi connectivity index (χ0n) is 24.8. The van der Waals surface area contributed by atoms with E-state index in [0.29, 0.717) is 10.6 Å². The first-order valence-electron chi connectivity index (χ1n) is 13.9. The maximum atomic E-state index is 13.1. The van der Waals surface area contributed by atoms with Crippen LogP contribution < -0.4 is 41.5 Å². The second-order valence-electron chi connectivity index (χ2n) is 11.3. The van der Waals surface area contributed by atoms with Crippen molar-refractivity contribution < 1.29 is 14.6 Å². The quantitative estimate of drug-likeness (QED) is 0.367. The minimum Gasteiger partial charge on any atom is -0.657 e. The largest absolute Gasteiger partial charge is 2.00 e. The third kappa shape index (κ3) is 4.17. The molecular formula is C33H35MgN4O3-. The third-order valence-electron chi connectivity index (χ3n) is 9.33. The molecule has 0 radical (unpaired) electrons. The number of aromatic nitrogens is 3. The Morgan fingerprint density at radius 2 is 1.71 bits per heavy atom. The van der Waals surface area contributed by atoms with E-state index >= 15 is 0 Å². The van der Waals surface area contributed by atoms with Crippen LogP contribution in [0.4, 0.5) is 0 Å². The number of hydrogen-bond donors (Lipinski definition) is 2. The van der Waals surface area contributed by atoms with Crippen molar-refractivity contribution in [2.45, 2.75) is 54.0 Å². The fourth-order valence-electron chi connectivity index (χ4n) is 6.74. The van der Waals surface area contributed by atoms with E-state index in [1.807, 2.05) is 19.1 Å². The van der Waals surface area contributed by atoms with Gasteiger partial charge in [-0.25, -0.2) is 0 Å². The topological polar surface area (TPSA) is 101 Å². The van der Waals surface area contributed by atoms with Gasteiger partial charge in [-0.2, -0.15) is 0 Å². The molecule has 8 heteroatoms. The maximum absolute atomic E-state index is 13.1. The van der Waals surface area contributed by atoms with E-state index in [2.05, 4.69) is 58.7 Å². The zero-order chi connectivity index (χ0) is 28.6. The number of aliphatic hydroxyl groups is 1. The summed E-state index contributed by atoms with van der Waals surface area (Å²) in [6.45, 7) is 16.7. The van der Waals surface area contributed by atoms with Crippen LogP contribution in [0, 0.1) is 38.5 Å². The van der Waals surface area contributed by atoms with Gasteiger partial charge in [0, 0.05) is 16.8 Å². The molecule has 0 spiro atoms. The fraction of sp³-hybridized carbons (Fsp3) is 0.364. The molecule has 3 aromatic rings. The first-order valence-corrected chi connectivity index (χ1v) is 13.9. The van der Waals surface area contributed by atoms with Crippen molar-refractivity contribution in [3.05, 3.63) is 78.4 Å². The summed E-state index contributed by atoms with van der Waals surface area (Å²) >= 11 is 0. The Hall–Kier alpha value is -3.36. The number of nitrogens with zero attached hydrogens (tertiary/aromatic N) is 3. The normalized spacial score (nSPS) is 25.3. The van der Waals surface area contributed by atoms with Gasteiger partial charge in [-0.05, 0) is 44.2 Å². The summed E-state index contributed by atoms with van der Waals surface area (Å²) in [6, 6.07) is -0.221. The SMILES string of the molecule is C=Cc1c2[n-]c(c1C)/C=C1\NC(C3=c4[n-]c(c(C)c4=C(O)[C@@H]3C(=O)OC)/C=c3\[n-]/c(c(C)c3CC)=C\2)[C@@H](C)[C@@H]1C.[Mg+2]. The molecule has 3 aliphatic rings. The standard InChI is InChI=1S/C33H35N4O3.Mg/c1-9-19-16(5)22-11-21-14(3)15(4)30(36-21)28-29(33(39)40-8)32(38)27-18(7)24(37-31(27)28)13-26-20(10-2)17(6)23(35-26)12-25(19)34-22;/h9,11-15,29-30,36,38H,1,10H2,2-8H3;/q-3;+2/b21-11-,23-12-,26-13-;/t14-,15-,29+,30?;/m0./s1. The number of carbonyl (C=O) groups is 1. The molecule has 2 aliphatic heterocycles. The van der Waals surface area contributed by atoms with Gasteiger partial charge in [0.15, 0.2) is 0 Å². The molecule has 0 amide bonds. The molecule has 7 nitrogen and oxygen atoms in total. The second-order valence-corrected chi connectivity index (χ2v) is 11.3. The predicted molar refractivity (Wildman–Crippen MR) is 163 cm³/mol. The van der Waals surface area contributed by atoms with E-state index in [-0.39, 0.29) is 46.7 Å². The maximum Gasteiger partial charge on any atom is 2.00 e. The van der Waals surface area contributed by atoms with E-state index in [1.165, 1.54) is 7.11 Å². The van der Waals surface area contributed by atoms with E-state index in [4.69, 9.17) is 19.7 Å². The second kappa shape index (κ2) is 10.5. The Kier molecular flexibility index (Phi) is 7.45. The van der Waals surface area contributed by atoms with Crippen LogP contribution in [0.15, 0.2) is 12.3 Å². The minimum atomic E-state index is -0.898. The van der Waals surface area contributed by atoms with Crippen LogP contribution in [0.1, 0.15) is 65.7 Å². The molecule has 6 rings (SSSR count). The summed E-state index contributed by atoms with van der Waals surface area (Å²) in [4.78, 5) is 28.2. The number of allylic oxidation sites excluding steroid dienone is 1. The number of carbonyl (C=O) groups excluding carboxylic acids is 1. The Balaban J connectivity index is 0.00000337. The van der Waals surface area contributed by atoms with Gasteiger partial charge in [0.05, 0.1) is 13.2 Å². The molecule has 0 aromatic carbocycles. The van der Waals surface area contributed by atoms with Crippen molar-refractivity contribution in [2.75, 3.05) is 7.11 Å². The first-order chi connectivity index (χ1) is 19.1. The van der Waals surface area contributed by atoms with E-state index in [1.54, 1.807) is 0 Å². The van der Waals surface area contributed by atoms with Gasteiger partial charge in [0.2, 0.25) is 0 Å². The number of nitrogens with one attached hydrogen (secondary N) is 1. The summed E-state index contributed by atoms with van der Waals surface area (Å²) in [5.74, 6) is -1.10. The summed E-state index contributed by atoms with van der Waals surface area (Å²) in [5, 5.41) is 18.2. The average Bonchev–Trinajstić information content (AvgIpc) is 3.66. The van der Waals surface area contributed by atoms with Crippen LogP contribution in [0.25, 0.3) is 35.6 Å². The van der Waals surface area contributed by atoms with Crippen LogP contribution in [-0.2, 0) is 16.0 Å². The smallest absolute Gasteiger partial charge is 0.657 e. The van der Waals surface area contributed by atoms with Gasteiger partial charge >= 0.3 is 29.0 Å². The average molecular weight is 560 g/mol. The molecule has 208 valence electrons. The van der Waals surface area contributed by atoms with Crippen LogP contribution in [0.3, 0.4) is 0 Å². The monoisotopic (exact) mass is 559 g/mol. The van der Waals surface area contributed by atoms with Gasteiger partial charge in [-0.1, -0.05) is 73.9 Å². The fourth-order valence-corrected chi connectivity index (χ4v) is 6.74. The molecule has 2 N–H and O–H groups in total. The van der Waals surface area contributed by atoms with Gasteiger partial charge in [0.1, 0.15) is 11.7 Å². The number of ether oxygens (including phenoxy) is 1. The summed E-state index contributed by atoms with van der Waals surface area (Å²) in [5.41, 5.74) is 9.40. The molecule has 1 aliphatic carbocycles. The van der Waals surface area contributed by atoms with Gasteiger partial charge in [0.25, 0.3) is 0 Å². The zero-order valence-corrected chi connectivity index (χ0v) is 26.3. The molecule has 1 saturated heterocycles. The summed E-state index contributed by atoms with van der Waals surface area (Å²) in [6.07, 6.45) is 8.85. The molecule has 8 bridgehead atoms. The van der Waals surface area contributed by atoms with Crippen molar-refractivity contribution in [3.63, 3.8) is 0 Å². The van der Waals surface area contributed by atoms with Crippen molar-refractivity contribution in [3.8, 4) is 0 Å². The van der Waals surface area contributed by atoms with Gasteiger partial charge < -0.3 is 30.1 Å². The molecular weight excluding hydrogens is 525 g/mol. The van der Waals surface area contributed by atoms with Crippen molar-refractivity contribution in [1.82, 2.24) is 20.3 Å². The van der Waals surface area contributed by atoms with Crippen molar-refractivity contribution in [1.29, 1.82) is 0 Å². The van der Waals surface area contributed by atoms with Crippen LogP contribution in [-0.4, -0.2) is 47.3 Å². The van der Waals surface area contributed by atoms with Crippen LogP contribution in [0.2, 0.25) is 0 Å². The molecule has 3 aromatic heterocycles. The molecule has 41 heavy (non-hydrogen) atoms. The summed E-state index contributed by atoms with van der Waals surface area (Å²) < 4.78 is 5.18. The van der Waals surface area contributed by atoms with E-state index in [9.17, 15) is 9.90 Å². The van der Waals surface area contributed by atoms with Crippen molar-refractivity contribution in [2.24, 2.45) is 17.8 Å². The molecule has 4 atom stereocenters. The number of rotatable bonds is 3. The van der Waals surface area contributed by atoms with E-state index < -0.39 is 11.9 Å². The predicted octanol–water partition coefficient (Wildman–Crippen LogP) is 1.18. The number of hydrogen-bond acceptors (Lipinski definition) is 4. The van der Waals surface area contributed by atoms with E-state index in [0.717, 1.165) is 73.3 Å². The number of methoxy groups -OCH3 is 1. The Morgan fingerprint density at radius 1 is 1.02 bits per heavy atom. The summed E-state index contributed by atoms with van der Waals surface area (Å²) in [7, 11) is 1.36. The van der Waals surface area contributed by atoms with Crippen molar-refractivity contribution >= 4 is 64.7 Å². The third-order valence-corrected chi connectivity index (χ3v) is 9.33. The number of fused-ring (bicyclic) bond motifs is 8. The number of aliphatic hydroxyl groups excluding tert-OH is 1. The number of esters is 1. The van der Waals surface area contributed by atoms with Gasteiger partial charge in [-0.15, -0.1) is 33.1 Å². The first kappa shape index (κ1) is 29.1. The minimum absolute atomic E-state index is 0.